The van der Waals surface area contributed by atoms with Crippen LogP contribution < -0.4 is 15.4 Å². The molecule has 0 spiro atoms. The Morgan fingerprint density at radius 2 is 1.74 bits per heavy atom. The molecule has 8 heteroatoms. The lowest BCUT2D eigenvalue weighted by Gasteiger charge is -2.13. The molecule has 0 unspecified atom stereocenters. The van der Waals surface area contributed by atoms with Gasteiger partial charge in [0, 0.05) is 11.4 Å². The predicted octanol–water partition coefficient (Wildman–Crippen LogP) is 5.24. The van der Waals surface area contributed by atoms with E-state index < -0.39 is 0 Å². The number of hydrogen-bond donors (Lipinski definition) is 2. The summed E-state index contributed by atoms with van der Waals surface area (Å²) in [5, 5.41) is 15.8. The standard InChI is InChI=1S/C26H27N5O2S/c1-18-13-14-21(19(2)15-18)27-16-24-29-30-26(31(24)20-9-5-4-6-10-20)34-17-25(32)28-22-11-7-8-12-23(22)33-3/h4-15,27H,16-17H2,1-3H3,(H,28,32). The fraction of sp³-hybridized carbons (Fsp3) is 0.192. The number of benzene rings is 3. The molecule has 0 saturated heterocycles. The van der Waals surface area contributed by atoms with E-state index >= 15 is 0 Å². The Labute approximate surface area is 203 Å². The molecule has 174 valence electrons. The van der Waals surface area contributed by atoms with E-state index in [-0.39, 0.29) is 11.7 Å². The van der Waals surface area contributed by atoms with Crippen molar-refractivity contribution in [2.24, 2.45) is 0 Å². The first-order valence-electron chi connectivity index (χ1n) is 10.9. The molecular formula is C26H27N5O2S. The third-order valence-electron chi connectivity index (χ3n) is 5.25. The number of rotatable bonds is 9. The van der Waals surface area contributed by atoms with Crippen molar-refractivity contribution < 1.29 is 9.53 Å². The number of aryl methyl sites for hydroxylation is 2. The quantitative estimate of drug-likeness (QED) is 0.324. The van der Waals surface area contributed by atoms with Crippen LogP contribution in [0.25, 0.3) is 5.69 Å². The molecule has 4 aromatic rings. The van der Waals surface area contributed by atoms with Crippen molar-refractivity contribution in [1.29, 1.82) is 0 Å². The van der Waals surface area contributed by atoms with Gasteiger partial charge in [-0.05, 0) is 49.7 Å². The Kier molecular flexibility index (Phi) is 7.49. The number of methoxy groups -OCH3 is 1. The molecule has 1 amide bonds. The SMILES string of the molecule is COc1ccccc1NC(=O)CSc1nnc(CNc2ccc(C)cc2C)n1-c1ccccc1. The summed E-state index contributed by atoms with van der Waals surface area (Å²) in [5.74, 6) is 1.42. The van der Waals surface area contributed by atoms with Gasteiger partial charge < -0.3 is 15.4 Å². The Bertz CT molecular complexity index is 1270. The van der Waals surface area contributed by atoms with Crippen LogP contribution in [0.15, 0.2) is 78.0 Å². The lowest BCUT2D eigenvalue weighted by atomic mass is 10.1. The van der Waals surface area contributed by atoms with Crippen LogP contribution in [0.2, 0.25) is 0 Å². The van der Waals surface area contributed by atoms with E-state index in [9.17, 15) is 4.79 Å². The third-order valence-corrected chi connectivity index (χ3v) is 6.18. The minimum atomic E-state index is -0.146. The Morgan fingerprint density at radius 1 is 0.971 bits per heavy atom. The Morgan fingerprint density at radius 3 is 2.50 bits per heavy atom. The van der Waals surface area contributed by atoms with Crippen molar-refractivity contribution in [3.05, 3.63) is 89.7 Å². The molecule has 7 nitrogen and oxygen atoms in total. The summed E-state index contributed by atoms with van der Waals surface area (Å²) in [6.07, 6.45) is 0. The van der Waals surface area contributed by atoms with Crippen LogP contribution in [0.3, 0.4) is 0 Å². The number of carbonyl (C=O) groups is 1. The summed E-state index contributed by atoms with van der Waals surface area (Å²) in [6.45, 7) is 4.66. The second kappa shape index (κ2) is 10.9. The zero-order valence-electron chi connectivity index (χ0n) is 19.4. The smallest absolute Gasteiger partial charge is 0.234 e. The first kappa shape index (κ1) is 23.4. The van der Waals surface area contributed by atoms with E-state index in [4.69, 9.17) is 4.74 Å². The monoisotopic (exact) mass is 473 g/mol. The van der Waals surface area contributed by atoms with E-state index in [0.717, 1.165) is 17.2 Å². The Hall–Kier alpha value is -3.78. The van der Waals surface area contributed by atoms with Gasteiger partial charge in [0.25, 0.3) is 0 Å². The predicted molar refractivity (Wildman–Crippen MR) is 137 cm³/mol. The van der Waals surface area contributed by atoms with E-state index in [1.165, 1.54) is 22.9 Å². The minimum Gasteiger partial charge on any atom is -0.495 e. The van der Waals surface area contributed by atoms with E-state index in [1.807, 2.05) is 59.2 Å². The Balaban J connectivity index is 1.51. The maximum atomic E-state index is 12.6. The van der Waals surface area contributed by atoms with Crippen LogP contribution in [0.1, 0.15) is 17.0 Å². The van der Waals surface area contributed by atoms with E-state index in [1.54, 1.807) is 7.11 Å². The molecule has 4 rings (SSSR count). The van der Waals surface area contributed by atoms with Gasteiger partial charge in [-0.1, -0.05) is 59.8 Å². The molecule has 0 aliphatic carbocycles. The molecule has 0 fully saturated rings. The van der Waals surface area contributed by atoms with Crippen molar-refractivity contribution in [3.8, 4) is 11.4 Å². The second-order valence-electron chi connectivity index (χ2n) is 7.78. The lowest BCUT2D eigenvalue weighted by molar-refractivity contribution is -0.113. The molecule has 0 saturated carbocycles. The highest BCUT2D eigenvalue weighted by molar-refractivity contribution is 7.99. The molecular weight excluding hydrogens is 446 g/mol. The first-order valence-corrected chi connectivity index (χ1v) is 11.9. The van der Waals surface area contributed by atoms with Gasteiger partial charge >= 0.3 is 0 Å². The van der Waals surface area contributed by atoms with Crippen molar-refractivity contribution in [2.45, 2.75) is 25.5 Å². The molecule has 1 aromatic heterocycles. The normalized spacial score (nSPS) is 10.7. The van der Waals surface area contributed by atoms with Gasteiger partial charge in [-0.3, -0.25) is 9.36 Å². The van der Waals surface area contributed by atoms with Gasteiger partial charge in [-0.25, -0.2) is 0 Å². The van der Waals surface area contributed by atoms with Gasteiger partial charge in [-0.2, -0.15) is 0 Å². The first-order chi connectivity index (χ1) is 16.5. The molecule has 2 N–H and O–H groups in total. The number of nitrogens with zero attached hydrogens (tertiary/aromatic N) is 3. The molecule has 34 heavy (non-hydrogen) atoms. The fourth-order valence-corrected chi connectivity index (χ4v) is 4.37. The van der Waals surface area contributed by atoms with Gasteiger partial charge in [0.15, 0.2) is 11.0 Å². The molecule has 3 aromatic carbocycles. The summed E-state index contributed by atoms with van der Waals surface area (Å²) in [5.41, 5.74) is 5.03. The summed E-state index contributed by atoms with van der Waals surface area (Å²) >= 11 is 1.34. The van der Waals surface area contributed by atoms with Gasteiger partial charge in [0.05, 0.1) is 25.1 Å². The number of hydrogen-bond acceptors (Lipinski definition) is 6. The van der Waals surface area contributed by atoms with E-state index in [0.29, 0.717) is 23.1 Å². The number of amides is 1. The maximum absolute atomic E-state index is 12.6. The third kappa shape index (κ3) is 5.58. The van der Waals surface area contributed by atoms with Crippen LogP contribution in [-0.4, -0.2) is 33.5 Å². The molecule has 0 aliphatic heterocycles. The highest BCUT2D eigenvalue weighted by Gasteiger charge is 2.16. The molecule has 0 aliphatic rings. The largest absolute Gasteiger partial charge is 0.495 e. The van der Waals surface area contributed by atoms with Gasteiger partial charge in [-0.15, -0.1) is 10.2 Å². The number of para-hydroxylation sites is 3. The van der Waals surface area contributed by atoms with Crippen molar-refractivity contribution in [1.82, 2.24) is 14.8 Å². The van der Waals surface area contributed by atoms with Crippen molar-refractivity contribution in [2.75, 3.05) is 23.5 Å². The summed E-state index contributed by atoms with van der Waals surface area (Å²) < 4.78 is 7.30. The fourth-order valence-electron chi connectivity index (χ4n) is 3.60. The average molecular weight is 474 g/mol. The lowest BCUT2D eigenvalue weighted by Crippen LogP contribution is -2.15. The summed E-state index contributed by atoms with van der Waals surface area (Å²) in [7, 11) is 1.58. The number of aromatic nitrogens is 3. The molecule has 0 bridgehead atoms. The van der Waals surface area contributed by atoms with Gasteiger partial charge in [0.1, 0.15) is 5.75 Å². The molecule has 1 heterocycles. The highest BCUT2D eigenvalue weighted by Crippen LogP contribution is 2.26. The number of ether oxygens (including phenoxy) is 1. The molecule has 0 atom stereocenters. The number of carbonyl (C=O) groups excluding carboxylic acids is 1. The van der Waals surface area contributed by atoms with Crippen LogP contribution in [0.4, 0.5) is 11.4 Å². The summed E-state index contributed by atoms with van der Waals surface area (Å²) in [6, 6.07) is 23.6. The average Bonchev–Trinajstić information content (AvgIpc) is 3.26. The van der Waals surface area contributed by atoms with Crippen molar-refractivity contribution >= 4 is 29.0 Å². The van der Waals surface area contributed by atoms with Crippen LogP contribution in [-0.2, 0) is 11.3 Å². The molecule has 0 radical (unpaired) electrons. The van der Waals surface area contributed by atoms with Crippen LogP contribution in [0, 0.1) is 13.8 Å². The van der Waals surface area contributed by atoms with Crippen molar-refractivity contribution in [3.63, 3.8) is 0 Å². The maximum Gasteiger partial charge on any atom is 0.234 e. The topological polar surface area (TPSA) is 81.1 Å². The second-order valence-corrected chi connectivity index (χ2v) is 8.72. The van der Waals surface area contributed by atoms with Crippen LogP contribution in [0.5, 0.6) is 5.75 Å². The van der Waals surface area contributed by atoms with Gasteiger partial charge in [0.2, 0.25) is 5.91 Å². The van der Waals surface area contributed by atoms with E-state index in [2.05, 4.69) is 52.9 Å². The zero-order chi connectivity index (χ0) is 23.9. The number of thioether (sulfide) groups is 1. The van der Waals surface area contributed by atoms with Crippen LogP contribution >= 0.6 is 11.8 Å². The highest BCUT2D eigenvalue weighted by atomic mass is 32.2. The minimum absolute atomic E-state index is 0.146. The summed E-state index contributed by atoms with van der Waals surface area (Å²) in [4.78, 5) is 12.6. The zero-order valence-corrected chi connectivity index (χ0v) is 20.2. The number of nitrogens with one attached hydrogen (secondary N) is 2. The number of anilines is 2.